The summed E-state index contributed by atoms with van der Waals surface area (Å²) >= 11 is 0. The number of anilines is 1. The Bertz CT molecular complexity index is 1440. The SMILES string of the molecule is C=C1Cc2cc(C#N)ccc2C2N=CN(C)C2CCC2c3cc(C#N)ccc3N3C=CN4CCC12C43. The van der Waals surface area contributed by atoms with E-state index in [1.807, 2.05) is 18.5 Å². The van der Waals surface area contributed by atoms with Crippen molar-refractivity contribution in [3.8, 4) is 12.1 Å². The molecule has 1 spiro atoms. The summed E-state index contributed by atoms with van der Waals surface area (Å²) in [5, 5.41) is 19.4. The van der Waals surface area contributed by atoms with E-state index in [-0.39, 0.29) is 29.6 Å². The molecule has 0 aromatic heterocycles. The van der Waals surface area contributed by atoms with Gasteiger partial charge in [-0.2, -0.15) is 10.5 Å². The van der Waals surface area contributed by atoms with Crippen molar-refractivity contribution in [3.05, 3.63) is 88.8 Å². The zero-order valence-corrected chi connectivity index (χ0v) is 20.4. The van der Waals surface area contributed by atoms with E-state index in [1.54, 1.807) is 0 Å². The van der Waals surface area contributed by atoms with Gasteiger partial charge < -0.3 is 14.7 Å². The molecule has 4 heterocycles. The third kappa shape index (κ3) is 2.67. The molecule has 0 amide bonds. The summed E-state index contributed by atoms with van der Waals surface area (Å²) < 4.78 is 0. The lowest BCUT2D eigenvalue weighted by Crippen LogP contribution is -2.53. The molecule has 7 rings (SSSR count). The molecule has 6 heteroatoms. The topological polar surface area (TPSA) is 69.7 Å². The molecule has 0 saturated carbocycles. The fraction of sp³-hybridized carbons (Fsp3) is 0.367. The summed E-state index contributed by atoms with van der Waals surface area (Å²) in [6.45, 7) is 5.79. The lowest BCUT2D eigenvalue weighted by atomic mass is 9.59. The molecule has 1 fully saturated rings. The Labute approximate surface area is 212 Å². The van der Waals surface area contributed by atoms with Gasteiger partial charge in [0.2, 0.25) is 0 Å². The molecule has 2 aromatic rings. The maximum absolute atomic E-state index is 9.75. The van der Waals surface area contributed by atoms with Crippen LogP contribution in [0.1, 0.15) is 59.0 Å². The normalized spacial score (nSPS) is 31.2. The molecule has 178 valence electrons. The first-order chi connectivity index (χ1) is 17.5. The van der Waals surface area contributed by atoms with Gasteiger partial charge in [0.15, 0.2) is 0 Å². The van der Waals surface area contributed by atoms with Crippen LogP contribution in [0.25, 0.3) is 0 Å². The largest absolute Gasteiger partial charge is 0.361 e. The predicted molar refractivity (Wildman–Crippen MR) is 139 cm³/mol. The molecule has 0 N–H and O–H groups in total. The van der Waals surface area contributed by atoms with E-state index >= 15 is 0 Å². The molecular weight excluding hydrogens is 444 g/mol. The van der Waals surface area contributed by atoms with Crippen LogP contribution in [0.5, 0.6) is 0 Å². The minimum absolute atomic E-state index is 0.0535. The Hall–Kier alpha value is -4.03. The summed E-state index contributed by atoms with van der Waals surface area (Å²) in [7, 11) is 2.13. The molecule has 6 nitrogen and oxygen atoms in total. The molecule has 0 radical (unpaired) electrons. The minimum Gasteiger partial charge on any atom is -0.361 e. The van der Waals surface area contributed by atoms with Crippen LogP contribution in [0.15, 0.2) is 65.9 Å². The van der Waals surface area contributed by atoms with Crippen molar-refractivity contribution < 1.29 is 0 Å². The number of aliphatic imine (C=N–C) groups is 1. The van der Waals surface area contributed by atoms with Crippen LogP contribution in [0, 0.1) is 28.1 Å². The average Bonchev–Trinajstić information content (AvgIpc) is 3.60. The van der Waals surface area contributed by atoms with E-state index in [1.165, 1.54) is 28.0 Å². The summed E-state index contributed by atoms with van der Waals surface area (Å²) in [4.78, 5) is 12.1. The van der Waals surface area contributed by atoms with Gasteiger partial charge in [0.05, 0.1) is 41.7 Å². The molecular formula is C30H28N6. The molecule has 2 aromatic carbocycles. The Kier molecular flexibility index (Phi) is 4.42. The second-order valence-corrected chi connectivity index (χ2v) is 10.9. The summed E-state index contributed by atoms with van der Waals surface area (Å²) in [5.74, 6) is 0.259. The molecule has 1 aliphatic carbocycles. The van der Waals surface area contributed by atoms with Gasteiger partial charge in [-0.25, -0.2) is 0 Å². The number of nitriles is 2. The number of fused-ring (bicyclic) bond motifs is 6. The summed E-state index contributed by atoms with van der Waals surface area (Å²) in [6.07, 6.45) is 10.4. The monoisotopic (exact) mass is 472 g/mol. The van der Waals surface area contributed by atoms with E-state index in [2.05, 4.69) is 70.6 Å². The lowest BCUT2D eigenvalue weighted by Gasteiger charge is -2.53. The van der Waals surface area contributed by atoms with E-state index < -0.39 is 0 Å². The highest BCUT2D eigenvalue weighted by Crippen LogP contribution is 2.63. The first-order valence-electron chi connectivity index (χ1n) is 12.8. The van der Waals surface area contributed by atoms with Crippen molar-refractivity contribution in [2.24, 2.45) is 10.4 Å². The number of rotatable bonds is 0. The van der Waals surface area contributed by atoms with E-state index in [0.717, 1.165) is 32.2 Å². The van der Waals surface area contributed by atoms with Gasteiger partial charge in [0, 0.05) is 37.1 Å². The van der Waals surface area contributed by atoms with Crippen molar-refractivity contribution in [2.75, 3.05) is 18.5 Å². The van der Waals surface area contributed by atoms with E-state index in [4.69, 9.17) is 11.6 Å². The molecule has 5 unspecified atom stereocenters. The smallest absolute Gasteiger partial charge is 0.115 e. The highest BCUT2D eigenvalue weighted by Gasteiger charge is 2.60. The predicted octanol–water partition coefficient (Wildman–Crippen LogP) is 4.81. The molecule has 5 atom stereocenters. The van der Waals surface area contributed by atoms with E-state index in [9.17, 15) is 10.5 Å². The fourth-order valence-corrected chi connectivity index (χ4v) is 7.75. The number of nitrogens with zero attached hydrogens (tertiary/aromatic N) is 6. The van der Waals surface area contributed by atoms with Gasteiger partial charge in [-0.3, -0.25) is 4.99 Å². The number of likely N-dealkylation sites (N-methyl/N-ethyl adjacent to an activating group) is 1. The number of benzene rings is 2. The maximum atomic E-state index is 9.75. The van der Waals surface area contributed by atoms with Gasteiger partial charge in [-0.05, 0) is 78.6 Å². The molecule has 36 heavy (non-hydrogen) atoms. The maximum Gasteiger partial charge on any atom is 0.115 e. The van der Waals surface area contributed by atoms with Crippen molar-refractivity contribution >= 4 is 12.0 Å². The van der Waals surface area contributed by atoms with Gasteiger partial charge in [0.1, 0.15) is 6.17 Å². The average molecular weight is 473 g/mol. The molecule has 5 aliphatic rings. The number of hydrogen-bond acceptors (Lipinski definition) is 6. The lowest BCUT2D eigenvalue weighted by molar-refractivity contribution is 0.170. The van der Waals surface area contributed by atoms with Crippen LogP contribution < -0.4 is 4.90 Å². The van der Waals surface area contributed by atoms with Gasteiger partial charge >= 0.3 is 0 Å². The van der Waals surface area contributed by atoms with E-state index in [0.29, 0.717) is 11.1 Å². The highest BCUT2D eigenvalue weighted by atomic mass is 15.4. The van der Waals surface area contributed by atoms with Crippen molar-refractivity contribution in [2.45, 2.75) is 49.9 Å². The van der Waals surface area contributed by atoms with Gasteiger partial charge in [-0.15, -0.1) is 0 Å². The highest BCUT2D eigenvalue weighted by molar-refractivity contribution is 5.67. The van der Waals surface area contributed by atoms with Crippen molar-refractivity contribution in [3.63, 3.8) is 0 Å². The minimum atomic E-state index is -0.143. The van der Waals surface area contributed by atoms with Gasteiger partial charge in [0.25, 0.3) is 0 Å². The second-order valence-electron chi connectivity index (χ2n) is 10.9. The first-order valence-corrected chi connectivity index (χ1v) is 12.8. The molecule has 1 saturated heterocycles. The van der Waals surface area contributed by atoms with Crippen molar-refractivity contribution in [1.82, 2.24) is 9.80 Å². The Balaban J connectivity index is 1.44. The second kappa shape index (κ2) is 7.48. The van der Waals surface area contributed by atoms with Crippen LogP contribution in [0.2, 0.25) is 0 Å². The van der Waals surface area contributed by atoms with Crippen LogP contribution >= 0.6 is 0 Å². The Morgan fingerprint density at radius 1 is 1.03 bits per heavy atom. The van der Waals surface area contributed by atoms with Crippen LogP contribution in [-0.4, -0.2) is 41.9 Å². The quantitative estimate of drug-likeness (QED) is 0.515. The first kappa shape index (κ1) is 21.3. The zero-order chi connectivity index (χ0) is 24.6. The Morgan fingerprint density at radius 3 is 2.67 bits per heavy atom. The van der Waals surface area contributed by atoms with Crippen LogP contribution in [-0.2, 0) is 6.42 Å². The Morgan fingerprint density at radius 2 is 1.83 bits per heavy atom. The number of hydrogen-bond donors (Lipinski definition) is 0. The zero-order valence-electron chi connectivity index (χ0n) is 20.4. The fourth-order valence-electron chi connectivity index (χ4n) is 7.75. The van der Waals surface area contributed by atoms with Crippen LogP contribution in [0.4, 0.5) is 5.69 Å². The standard InChI is InChI=1S/C30H28N6/c1-19-13-22-14-20(16-31)3-5-23(22)28-27(34(2)18-33-28)8-6-25-24-15-21(17-32)4-7-26(24)36-12-11-35-10-9-30(19,25)29(35)36/h3-5,7,11-12,14-15,18,25,27-29H,1,6,8-10,13H2,2H3. The summed E-state index contributed by atoms with van der Waals surface area (Å²) in [6, 6.07) is 17.3. The summed E-state index contributed by atoms with van der Waals surface area (Å²) in [5.41, 5.74) is 7.35. The molecule has 0 bridgehead atoms. The third-order valence-corrected chi connectivity index (χ3v) is 9.37. The third-order valence-electron chi connectivity index (χ3n) is 9.37. The van der Waals surface area contributed by atoms with Gasteiger partial charge in [-0.1, -0.05) is 18.2 Å². The van der Waals surface area contributed by atoms with Crippen LogP contribution in [0.3, 0.4) is 0 Å². The van der Waals surface area contributed by atoms with Crippen molar-refractivity contribution in [1.29, 1.82) is 10.5 Å². The molecule has 4 aliphatic heterocycles.